The molecule has 4 N–H and O–H groups in total. The van der Waals surface area contributed by atoms with Crippen molar-refractivity contribution in [3.63, 3.8) is 0 Å². The molecule has 0 radical (unpaired) electrons. The molecule has 0 bridgehead atoms. The zero-order valence-electron chi connectivity index (χ0n) is 40.5. The molecule has 16 heteroatoms. The van der Waals surface area contributed by atoms with Crippen molar-refractivity contribution in [2.75, 3.05) is 67.4 Å². The maximum Gasteiger partial charge on any atom is 1.00 e. The van der Waals surface area contributed by atoms with E-state index in [4.69, 9.17) is 35.2 Å². The average molecular weight is 1130 g/mol. The Bertz CT molecular complexity index is 1990. The maximum atomic E-state index is 12.6. The van der Waals surface area contributed by atoms with E-state index in [9.17, 15) is 17.6 Å². The smallest absolute Gasteiger partial charge is 1.00 e. The number of primary sulfonamides is 1. The molecule has 4 aromatic rings. The van der Waals surface area contributed by atoms with Crippen molar-refractivity contribution in [3.8, 4) is 0 Å². The Morgan fingerprint density at radius 3 is 1.46 bits per heavy atom. The fourth-order valence-corrected chi connectivity index (χ4v) is 6.27. The number of benzene rings is 4. The number of nitrogens with two attached hydrogens (primary N) is 2. The summed E-state index contributed by atoms with van der Waals surface area (Å²) in [6.45, 7) is 31.0. The number of ketones is 1. The SMILES string of the molecule is C1CCOC1.C=CCN(CC=C)c1ccc(Br)cc1.C=CCN(CC=C)c1ccc(C(=O)c2ccc(Cl)c(S(N)(=O)=O)c2)cc1.C[C-](C)C.Nc1ccc(Br)cc1.[2H]CF.[CH+]=CCBr.[H-].[Li+].[Na+]. The van der Waals surface area contributed by atoms with Gasteiger partial charge in [0.05, 0.1) is 18.9 Å². The molecule has 1 saturated heterocycles. The van der Waals surface area contributed by atoms with Gasteiger partial charge in [-0.2, -0.15) is 20.8 Å². The first-order valence-corrected chi connectivity index (χ1v) is 24.0. The van der Waals surface area contributed by atoms with Crippen LogP contribution in [0.1, 0.15) is 52.3 Å². The molecule has 0 spiro atoms. The van der Waals surface area contributed by atoms with Crippen LogP contribution in [0.2, 0.25) is 5.02 Å². The van der Waals surface area contributed by atoms with Crippen molar-refractivity contribution in [3.05, 3.63) is 185 Å². The van der Waals surface area contributed by atoms with E-state index in [1.165, 1.54) is 42.6 Å². The van der Waals surface area contributed by atoms with Crippen LogP contribution >= 0.6 is 59.4 Å². The Morgan fingerprint density at radius 2 is 1.17 bits per heavy atom. The van der Waals surface area contributed by atoms with Gasteiger partial charge in [-0.1, -0.05) is 83.7 Å². The van der Waals surface area contributed by atoms with E-state index >= 15 is 0 Å². The van der Waals surface area contributed by atoms with E-state index in [0.29, 0.717) is 18.7 Å². The number of halogens is 5. The summed E-state index contributed by atoms with van der Waals surface area (Å²) in [5.41, 5.74) is 8.93. The quantitative estimate of drug-likeness (QED) is 0.0335. The third-order valence-corrected chi connectivity index (χ3v) is 10.2. The summed E-state index contributed by atoms with van der Waals surface area (Å²) in [6, 6.07) is 26.8. The Morgan fingerprint density at radius 1 is 0.831 bits per heavy atom. The zero-order chi connectivity index (χ0) is 48.9. The number of ether oxygens (including phenoxy) is 1. The first-order valence-electron chi connectivity index (χ1n) is 20.1. The van der Waals surface area contributed by atoms with Gasteiger partial charge in [-0.25, -0.2) is 13.6 Å². The summed E-state index contributed by atoms with van der Waals surface area (Å²) < 4.78 is 45.7. The van der Waals surface area contributed by atoms with Crippen molar-refractivity contribution in [2.45, 2.75) is 38.5 Å². The minimum atomic E-state index is -4.01. The minimum Gasteiger partial charge on any atom is -1.00 e. The van der Waals surface area contributed by atoms with Gasteiger partial charge in [-0.05, 0) is 104 Å². The van der Waals surface area contributed by atoms with Gasteiger partial charge in [0.1, 0.15) is 4.90 Å². The fraction of sp³-hybridized carbons (Fsp3) is 0.265. The van der Waals surface area contributed by atoms with Crippen LogP contribution in [0.25, 0.3) is 0 Å². The first kappa shape index (κ1) is 67.0. The van der Waals surface area contributed by atoms with E-state index in [1.807, 2.05) is 65.6 Å². The molecule has 8 nitrogen and oxygen atoms in total. The summed E-state index contributed by atoms with van der Waals surface area (Å²) in [7, 11) is -5.01. The van der Waals surface area contributed by atoms with Gasteiger partial charge < -0.3 is 27.6 Å². The number of nitrogens with zero attached hydrogens (tertiary/aromatic N) is 2. The van der Waals surface area contributed by atoms with Gasteiger partial charge in [-0.3, -0.25) is 9.18 Å². The van der Waals surface area contributed by atoms with Crippen LogP contribution in [0.15, 0.2) is 162 Å². The van der Waals surface area contributed by atoms with Gasteiger partial charge in [0.25, 0.3) is 0 Å². The van der Waals surface area contributed by atoms with Crippen molar-refractivity contribution in [1.82, 2.24) is 0 Å². The maximum absolute atomic E-state index is 12.6. The molecule has 346 valence electrons. The minimum absolute atomic E-state index is 0. The number of hydrogen-bond acceptors (Lipinski definition) is 7. The molecule has 5 rings (SSSR count). The normalized spacial score (nSPS) is 10.6. The number of carbonyl (C=O) groups excluding carboxylic acids is 1. The molecule has 0 aromatic heterocycles. The third kappa shape index (κ3) is 33.8. The van der Waals surface area contributed by atoms with Crippen LogP contribution in [-0.4, -0.2) is 66.1 Å². The largest absolute Gasteiger partial charge is 1.00 e. The molecule has 0 atom stereocenters. The van der Waals surface area contributed by atoms with Gasteiger partial charge in [0, 0.05) is 76.5 Å². The van der Waals surface area contributed by atoms with E-state index in [2.05, 4.69) is 112 Å². The Hall–Kier alpha value is -2.31. The number of allylic oxidation sites excluding steroid dienone is 1. The predicted octanol–water partition coefficient (Wildman–Crippen LogP) is 7.55. The fourth-order valence-electron chi connectivity index (χ4n) is 4.67. The second-order valence-corrected chi connectivity index (χ2v) is 17.7. The molecule has 1 fully saturated rings. The van der Waals surface area contributed by atoms with Gasteiger partial charge in [0.15, 0.2) is 11.9 Å². The van der Waals surface area contributed by atoms with Crippen LogP contribution < -0.4 is 69.1 Å². The molecular formula is C49H64Br3ClFLiN4NaO4S+. The van der Waals surface area contributed by atoms with E-state index in [1.54, 1.807) is 30.4 Å². The predicted molar refractivity (Wildman–Crippen MR) is 282 cm³/mol. The summed E-state index contributed by atoms with van der Waals surface area (Å²) >= 11 is 15.6. The summed E-state index contributed by atoms with van der Waals surface area (Å²) in [5.74, 6) is 1.09. The Labute approximate surface area is 457 Å². The number of hydrogen-bond donors (Lipinski definition) is 2. The molecular weight excluding hydrogens is 1060 g/mol. The molecule has 0 amide bonds. The first-order chi connectivity index (χ1) is 30.4. The molecule has 65 heavy (non-hydrogen) atoms. The van der Waals surface area contributed by atoms with Crippen LogP contribution in [0.4, 0.5) is 21.5 Å². The Balaban J connectivity index is -0.000000262. The third-order valence-electron chi connectivity index (χ3n) is 7.37. The Kier molecular flexibility index (Phi) is 44.3. The number of carbonyl (C=O) groups is 1. The molecule has 1 aliphatic heterocycles. The molecule has 1 heterocycles. The van der Waals surface area contributed by atoms with E-state index in [0.717, 1.165) is 52.0 Å². The standard InChI is InChI=1S/C19H19ClN2O3S.C12H14BrN.C6H6BrN.C4H8O.C4H9.C3H4Br.CH3F.Li.Na.H/c1-3-11-22(12-4-2)16-8-5-14(6-9-16)19(23)15-7-10-17(20)18(13-15)26(21,24)25;1-3-9-14(10-4-2)12-7-5-11(13)6-8-12;7-5-1-3-6(8)4-2-5;1-2-4-5-3-1;1-4(2)3;1-2-3-4;1-2;;;/h3-10,13H,1-2,11-12H2,(H2,21,24,25);3-8H,1-2,9-10H2;1-4H,8H2;1-4H2;1-3H3;1-2H,3H2;1H3;;;/q;;;;-1;+1;;2*+1;-1/i;;;;;;1D;;;. The van der Waals surface area contributed by atoms with Crippen molar-refractivity contribution < 1.29 is 73.6 Å². The second kappa shape index (κ2) is 43.0. The number of anilines is 3. The van der Waals surface area contributed by atoms with Crippen molar-refractivity contribution in [1.29, 1.82) is 0 Å². The average Bonchev–Trinajstić information content (AvgIpc) is 3.86. The van der Waals surface area contributed by atoms with Gasteiger partial charge in [-0.15, -0.1) is 26.3 Å². The monoisotopic (exact) mass is 1130 g/mol. The molecule has 4 aromatic carbocycles. The van der Waals surface area contributed by atoms with Crippen LogP contribution in [0.5, 0.6) is 0 Å². The number of alkyl halides is 2. The molecule has 0 aliphatic carbocycles. The zero-order valence-corrected chi connectivity index (χ0v) is 46.8. The number of nitrogen functional groups attached to an aromatic ring is 1. The number of sulfonamides is 1. The van der Waals surface area contributed by atoms with Gasteiger partial charge in [0.2, 0.25) is 16.6 Å². The van der Waals surface area contributed by atoms with Crippen LogP contribution in [0, 0.1) is 12.5 Å². The van der Waals surface area contributed by atoms with E-state index < -0.39 is 17.2 Å². The second-order valence-electron chi connectivity index (χ2n) is 13.3. The molecule has 0 unspecified atom stereocenters. The summed E-state index contributed by atoms with van der Waals surface area (Å²) in [5, 5.41) is 5.89. The van der Waals surface area contributed by atoms with E-state index in [-0.39, 0.29) is 71.1 Å². The van der Waals surface area contributed by atoms with Crippen molar-refractivity contribution in [2.24, 2.45) is 5.14 Å². The van der Waals surface area contributed by atoms with Crippen molar-refractivity contribution >= 4 is 92.3 Å². The summed E-state index contributed by atoms with van der Waals surface area (Å²) in [6.07, 6.45) is 11.5. The number of rotatable bonds is 14. The topological polar surface area (TPSA) is 119 Å². The van der Waals surface area contributed by atoms with Crippen LogP contribution in [-0.2, 0) is 14.8 Å². The summed E-state index contributed by atoms with van der Waals surface area (Å²) in [4.78, 5) is 16.6. The van der Waals surface area contributed by atoms with Crippen LogP contribution in [0.3, 0.4) is 0 Å². The molecule has 0 saturated carbocycles. The molecule has 1 aliphatic rings. The van der Waals surface area contributed by atoms with Gasteiger partial charge >= 0.3 is 48.4 Å².